The molecule has 2 aromatic rings. The van der Waals surface area contributed by atoms with Crippen molar-refractivity contribution in [2.75, 3.05) is 19.7 Å². The summed E-state index contributed by atoms with van der Waals surface area (Å²) >= 11 is 1.87. The second kappa shape index (κ2) is 13.9. The third kappa shape index (κ3) is 8.81. The van der Waals surface area contributed by atoms with Crippen molar-refractivity contribution < 1.29 is 39.5 Å². The number of pyridine rings is 1. The largest absolute Gasteiger partial charge is 0.481 e. The third-order valence-electron chi connectivity index (χ3n) is 8.26. The first-order valence-corrected chi connectivity index (χ1v) is 14.6. The third-order valence-corrected chi connectivity index (χ3v) is 9.20. The summed E-state index contributed by atoms with van der Waals surface area (Å²) in [5, 5.41) is 36.0. The highest BCUT2D eigenvalue weighted by atomic mass is 32.1. The lowest BCUT2D eigenvalue weighted by Crippen LogP contribution is -2.50. The molecule has 1 aliphatic heterocycles. The minimum Gasteiger partial charge on any atom is -0.481 e. The molecule has 0 amide bonds. The van der Waals surface area contributed by atoms with Crippen LogP contribution in [0.25, 0.3) is 0 Å². The van der Waals surface area contributed by atoms with E-state index in [0.29, 0.717) is 0 Å². The fourth-order valence-corrected chi connectivity index (χ4v) is 6.11. The van der Waals surface area contributed by atoms with Crippen LogP contribution >= 0.6 is 11.3 Å². The molecule has 1 fully saturated rings. The first kappa shape index (κ1) is 34.3. The quantitative estimate of drug-likeness (QED) is 0.259. The molecule has 3 rings (SSSR count). The number of carboxylic acids is 3. The molecule has 41 heavy (non-hydrogen) atoms. The Balaban J connectivity index is 0.000000383. The zero-order valence-electron chi connectivity index (χ0n) is 24.8. The Kier molecular flexibility index (Phi) is 11.6. The highest BCUT2D eigenvalue weighted by molar-refractivity contribution is 7.09. The number of aliphatic hydroxyl groups is 1. The molecule has 11 heteroatoms. The molecule has 0 spiro atoms. The Bertz CT molecular complexity index is 1150. The van der Waals surface area contributed by atoms with Gasteiger partial charge in [-0.1, -0.05) is 12.1 Å². The number of likely N-dealkylation sites (tertiary alicyclic amines) is 1. The summed E-state index contributed by atoms with van der Waals surface area (Å²) in [7, 11) is 0. The van der Waals surface area contributed by atoms with E-state index < -0.39 is 36.4 Å². The SMILES string of the molecule is CCOC(C)(C)[C@@]1(CCc2cccs2)CCN(C(C)(C)c2ccc(C)nc2)C1.O=C(O)CC(O)(CC(=O)O)C(=O)O. The van der Waals surface area contributed by atoms with Gasteiger partial charge in [0.15, 0.2) is 5.60 Å². The van der Waals surface area contributed by atoms with Crippen LogP contribution in [0.3, 0.4) is 0 Å². The summed E-state index contributed by atoms with van der Waals surface area (Å²) in [4.78, 5) is 39.2. The molecule has 0 radical (unpaired) electrons. The molecule has 0 aliphatic carbocycles. The van der Waals surface area contributed by atoms with Crippen molar-refractivity contribution in [1.82, 2.24) is 9.88 Å². The number of hydrogen-bond acceptors (Lipinski definition) is 8. The molecule has 0 bridgehead atoms. The van der Waals surface area contributed by atoms with E-state index in [9.17, 15) is 14.4 Å². The van der Waals surface area contributed by atoms with Crippen LogP contribution in [-0.2, 0) is 31.1 Å². The fourth-order valence-electron chi connectivity index (χ4n) is 5.40. The van der Waals surface area contributed by atoms with Crippen molar-refractivity contribution >= 4 is 29.2 Å². The average Bonchev–Trinajstić information content (AvgIpc) is 3.54. The molecule has 1 aliphatic rings. The van der Waals surface area contributed by atoms with Gasteiger partial charge in [-0.2, -0.15) is 0 Å². The minimum atomic E-state index is -2.74. The van der Waals surface area contributed by atoms with Gasteiger partial charge in [-0.3, -0.25) is 19.5 Å². The number of carbonyl (C=O) groups is 3. The molecule has 1 atom stereocenters. The van der Waals surface area contributed by atoms with Gasteiger partial charge in [0.2, 0.25) is 0 Å². The smallest absolute Gasteiger partial charge is 0.336 e. The molecule has 4 N–H and O–H groups in total. The molecule has 0 aromatic carbocycles. The van der Waals surface area contributed by atoms with Crippen molar-refractivity contribution in [2.24, 2.45) is 5.41 Å². The second-order valence-corrected chi connectivity index (χ2v) is 12.7. The number of ether oxygens (including phenoxy) is 1. The van der Waals surface area contributed by atoms with Gasteiger partial charge in [0.05, 0.1) is 18.4 Å². The van der Waals surface area contributed by atoms with E-state index in [0.717, 1.165) is 31.8 Å². The van der Waals surface area contributed by atoms with Gasteiger partial charge in [-0.15, -0.1) is 11.3 Å². The van der Waals surface area contributed by atoms with Gasteiger partial charge in [0.25, 0.3) is 0 Å². The fraction of sp³-hybridized carbons (Fsp3) is 0.600. The monoisotopic (exact) mass is 592 g/mol. The van der Waals surface area contributed by atoms with Gasteiger partial charge in [-0.25, -0.2) is 4.79 Å². The number of aromatic nitrogens is 1. The van der Waals surface area contributed by atoms with Crippen LogP contribution in [0.4, 0.5) is 0 Å². The standard InChI is InChI=1S/C24H36N2OS.C6H8O7/c1-7-27-23(5,6)24(13-12-21-9-8-16-28-21)14-15-26(18-24)22(3,4)20-11-10-19(2)25-17-20;7-3(8)1-6(13,5(11)12)2-4(9)10/h8-11,16-17H,7,12-15,18H2,1-6H3;13H,1-2H2,(H,7,8)(H,9,10)(H,11,12)/t24-;/m0./s1. The van der Waals surface area contributed by atoms with E-state index in [2.05, 4.69) is 80.3 Å². The van der Waals surface area contributed by atoms with Gasteiger partial charge in [0.1, 0.15) is 0 Å². The number of hydrogen-bond donors (Lipinski definition) is 4. The van der Waals surface area contributed by atoms with Crippen LogP contribution in [0.15, 0.2) is 35.8 Å². The normalized spacial score (nSPS) is 18.0. The van der Waals surface area contributed by atoms with Crippen LogP contribution in [0.2, 0.25) is 0 Å². The molecule has 228 valence electrons. The Labute approximate surface area is 246 Å². The molecule has 0 unspecified atom stereocenters. The maximum absolute atomic E-state index is 10.3. The summed E-state index contributed by atoms with van der Waals surface area (Å²) in [6.45, 7) is 16.4. The van der Waals surface area contributed by atoms with Crippen molar-refractivity contribution in [2.45, 2.75) is 90.4 Å². The first-order chi connectivity index (χ1) is 19.0. The summed E-state index contributed by atoms with van der Waals surface area (Å²) in [5.41, 5.74) is -0.395. The minimum absolute atomic E-state index is 0.0341. The molecule has 0 saturated carbocycles. The predicted octanol–water partition coefficient (Wildman–Crippen LogP) is 4.58. The Morgan fingerprint density at radius 3 is 2.17 bits per heavy atom. The van der Waals surface area contributed by atoms with Crippen LogP contribution in [0, 0.1) is 12.3 Å². The number of nitrogens with zero attached hydrogens (tertiary/aromatic N) is 2. The summed E-state index contributed by atoms with van der Waals surface area (Å²) < 4.78 is 6.33. The molecular formula is C30H44N2O8S. The number of aliphatic carboxylic acids is 3. The van der Waals surface area contributed by atoms with Crippen LogP contribution in [-0.4, -0.2) is 79.1 Å². The molecule has 3 heterocycles. The van der Waals surface area contributed by atoms with E-state index in [1.54, 1.807) is 0 Å². The topological polar surface area (TPSA) is 157 Å². The molecule has 2 aromatic heterocycles. The molecule has 1 saturated heterocycles. The van der Waals surface area contributed by atoms with Crippen LogP contribution < -0.4 is 0 Å². The van der Waals surface area contributed by atoms with Crippen molar-refractivity contribution in [3.63, 3.8) is 0 Å². The van der Waals surface area contributed by atoms with E-state index in [-0.39, 0.29) is 16.6 Å². The zero-order valence-corrected chi connectivity index (χ0v) is 25.7. The van der Waals surface area contributed by atoms with Gasteiger partial charge < -0.3 is 25.2 Å². The second-order valence-electron chi connectivity index (χ2n) is 11.7. The number of carboxylic acid groups (broad SMARTS) is 3. The lowest BCUT2D eigenvalue weighted by molar-refractivity contribution is -0.170. The van der Waals surface area contributed by atoms with E-state index in [4.69, 9.17) is 25.2 Å². The summed E-state index contributed by atoms with van der Waals surface area (Å²) in [5.74, 6) is -5.02. The van der Waals surface area contributed by atoms with E-state index >= 15 is 0 Å². The Morgan fingerprint density at radius 2 is 1.71 bits per heavy atom. The highest BCUT2D eigenvalue weighted by Gasteiger charge is 2.52. The Hall–Kier alpha value is -2.86. The van der Waals surface area contributed by atoms with Crippen molar-refractivity contribution in [3.05, 3.63) is 52.0 Å². The van der Waals surface area contributed by atoms with Crippen LogP contribution in [0.1, 0.15) is 76.4 Å². The number of aryl methyl sites for hydroxylation is 2. The number of rotatable bonds is 13. The first-order valence-electron chi connectivity index (χ1n) is 13.7. The van der Waals surface area contributed by atoms with Gasteiger partial charge in [0, 0.05) is 40.9 Å². The molecular weight excluding hydrogens is 548 g/mol. The van der Waals surface area contributed by atoms with Crippen LogP contribution in [0.5, 0.6) is 0 Å². The lowest BCUT2D eigenvalue weighted by atomic mass is 9.69. The van der Waals surface area contributed by atoms with Crippen molar-refractivity contribution in [3.8, 4) is 0 Å². The predicted molar refractivity (Wildman–Crippen MR) is 156 cm³/mol. The molecule has 10 nitrogen and oxygen atoms in total. The maximum Gasteiger partial charge on any atom is 0.336 e. The zero-order chi connectivity index (χ0) is 31.1. The Morgan fingerprint density at radius 1 is 1.07 bits per heavy atom. The van der Waals surface area contributed by atoms with Gasteiger partial charge in [-0.05, 0) is 90.4 Å². The maximum atomic E-state index is 10.3. The lowest BCUT2D eigenvalue weighted by Gasteiger charge is -2.46. The summed E-state index contributed by atoms with van der Waals surface area (Å²) in [6.07, 6.45) is 3.24. The number of thiophene rings is 1. The summed E-state index contributed by atoms with van der Waals surface area (Å²) in [6, 6.07) is 8.79. The highest BCUT2D eigenvalue weighted by Crippen LogP contribution is 2.49. The average molecular weight is 593 g/mol. The van der Waals surface area contributed by atoms with E-state index in [1.807, 2.05) is 18.3 Å². The van der Waals surface area contributed by atoms with Crippen molar-refractivity contribution in [1.29, 1.82) is 0 Å². The van der Waals surface area contributed by atoms with Gasteiger partial charge >= 0.3 is 17.9 Å². The van der Waals surface area contributed by atoms with E-state index in [1.165, 1.54) is 23.3 Å².